The Hall–Kier alpha value is -1.31. The molecule has 0 aliphatic heterocycles. The summed E-state index contributed by atoms with van der Waals surface area (Å²) in [6.45, 7) is 0.757. The highest BCUT2D eigenvalue weighted by molar-refractivity contribution is 5.85. The van der Waals surface area contributed by atoms with E-state index >= 15 is 0 Å². The van der Waals surface area contributed by atoms with Crippen LogP contribution >= 0.6 is 0 Å². The maximum Gasteiger partial charge on any atom is 0.406 e. The van der Waals surface area contributed by atoms with Crippen molar-refractivity contribution in [2.45, 2.75) is 26.1 Å². The average molecular weight is 284 g/mol. The minimum atomic E-state index is -4.56. The summed E-state index contributed by atoms with van der Waals surface area (Å²) in [6.07, 6.45) is -4.83. The quantitative estimate of drug-likeness (QED) is 0.728. The normalized spacial score (nSPS) is 11.6. The smallest absolute Gasteiger partial charge is 0.369 e. The fourth-order valence-corrected chi connectivity index (χ4v) is 1.08. The molecule has 0 aliphatic carbocycles. The van der Waals surface area contributed by atoms with Crippen LogP contribution < -0.4 is 0 Å². The average Bonchev–Trinajstić information content (AvgIpc) is 2.22. The van der Waals surface area contributed by atoms with Gasteiger partial charge >= 0.3 is 6.18 Å². The number of carbonyl (C=O) groups excluding carboxylic acids is 2. The molecule has 0 saturated heterocycles. The molecule has 0 rings (SSSR count). The number of alkyl halides is 3. The van der Waals surface area contributed by atoms with Gasteiger partial charge in [0.15, 0.2) is 0 Å². The second-order valence-corrected chi connectivity index (χ2v) is 4.51. The zero-order chi connectivity index (χ0) is 15.2. The van der Waals surface area contributed by atoms with E-state index in [1.807, 2.05) is 0 Å². The van der Waals surface area contributed by atoms with Gasteiger partial charge in [-0.15, -0.1) is 0 Å². The molecule has 2 amide bonds. The van der Waals surface area contributed by atoms with E-state index in [1.54, 1.807) is 13.8 Å². The number of amides is 2. The van der Waals surface area contributed by atoms with E-state index in [9.17, 15) is 22.8 Å². The Morgan fingerprint density at radius 3 is 2.05 bits per heavy atom. The molecule has 0 radical (unpaired) electrons. The van der Waals surface area contributed by atoms with Gasteiger partial charge in [0.25, 0.3) is 0 Å². The van der Waals surface area contributed by atoms with Crippen molar-refractivity contribution in [1.29, 1.82) is 0 Å². The van der Waals surface area contributed by atoms with Crippen LogP contribution in [0.25, 0.3) is 0 Å². The molecule has 0 fully saturated rings. The van der Waals surface area contributed by atoms with Gasteiger partial charge in [0.2, 0.25) is 11.8 Å². The lowest BCUT2D eigenvalue weighted by molar-refractivity contribution is -0.167. The highest BCUT2D eigenvalue weighted by Crippen LogP contribution is 2.16. The molecule has 0 heterocycles. The van der Waals surface area contributed by atoms with E-state index in [2.05, 4.69) is 0 Å². The number of carbonyl (C=O) groups is 2. The number of hydrogen-bond donors (Lipinski definition) is 0. The summed E-state index contributed by atoms with van der Waals surface area (Å²) in [6, 6.07) is 0. The molecule has 5 nitrogen and oxygen atoms in total. The van der Waals surface area contributed by atoms with Gasteiger partial charge in [-0.25, -0.2) is 0 Å². The first-order valence-corrected chi connectivity index (χ1v) is 5.69. The molecule has 112 valence electrons. The molecule has 0 aromatic heterocycles. The summed E-state index contributed by atoms with van der Waals surface area (Å²) in [4.78, 5) is 24.6. The van der Waals surface area contributed by atoms with Gasteiger partial charge < -0.3 is 14.5 Å². The maximum atomic E-state index is 12.4. The molecule has 0 bridgehead atoms. The van der Waals surface area contributed by atoms with E-state index in [0.717, 1.165) is 4.90 Å². The molecule has 0 aromatic carbocycles. The van der Waals surface area contributed by atoms with Crippen LogP contribution in [-0.2, 0) is 14.3 Å². The van der Waals surface area contributed by atoms with E-state index in [1.165, 1.54) is 14.1 Å². The molecule has 0 saturated carbocycles. The summed E-state index contributed by atoms with van der Waals surface area (Å²) in [7, 11) is 2.81. The van der Waals surface area contributed by atoms with Crippen molar-refractivity contribution in [3.8, 4) is 0 Å². The lowest BCUT2D eigenvalue weighted by atomic mass is 10.4. The lowest BCUT2D eigenvalue weighted by Crippen LogP contribution is -2.46. The first-order valence-electron chi connectivity index (χ1n) is 5.69. The van der Waals surface area contributed by atoms with Crippen LogP contribution in [0.2, 0.25) is 0 Å². The van der Waals surface area contributed by atoms with E-state index < -0.39 is 37.7 Å². The first-order chi connectivity index (χ1) is 8.53. The standard InChI is InChI=1S/C11H19F3N2O3/c1-8(2)19-6-10(18)16(7-11(12,13)14)5-9(17)15(3)4/h8H,5-7H2,1-4H3. The van der Waals surface area contributed by atoms with E-state index in [0.29, 0.717) is 4.90 Å². The summed E-state index contributed by atoms with van der Waals surface area (Å²) >= 11 is 0. The van der Waals surface area contributed by atoms with E-state index in [4.69, 9.17) is 4.74 Å². The second kappa shape index (κ2) is 7.32. The largest absolute Gasteiger partial charge is 0.406 e. The zero-order valence-electron chi connectivity index (χ0n) is 11.5. The van der Waals surface area contributed by atoms with Crippen LogP contribution in [0, 0.1) is 0 Å². The molecule has 8 heteroatoms. The Morgan fingerprint density at radius 2 is 1.68 bits per heavy atom. The summed E-state index contributed by atoms with van der Waals surface area (Å²) in [5.41, 5.74) is 0. The Balaban J connectivity index is 4.66. The van der Waals surface area contributed by atoms with Crippen LogP contribution in [0.1, 0.15) is 13.8 Å². The minimum Gasteiger partial charge on any atom is -0.369 e. The molecule has 0 atom stereocenters. The van der Waals surface area contributed by atoms with Gasteiger partial charge in [-0.3, -0.25) is 9.59 Å². The van der Waals surface area contributed by atoms with Crippen molar-refractivity contribution in [1.82, 2.24) is 9.80 Å². The Labute approximate surface area is 110 Å². The number of hydrogen-bond acceptors (Lipinski definition) is 3. The van der Waals surface area contributed by atoms with Crippen LogP contribution in [0.15, 0.2) is 0 Å². The third-order valence-corrected chi connectivity index (χ3v) is 2.09. The Morgan fingerprint density at radius 1 is 1.16 bits per heavy atom. The zero-order valence-corrected chi connectivity index (χ0v) is 11.5. The molecule has 0 unspecified atom stereocenters. The van der Waals surface area contributed by atoms with Gasteiger partial charge in [0.1, 0.15) is 19.7 Å². The van der Waals surface area contributed by atoms with Gasteiger partial charge in [0.05, 0.1) is 6.10 Å². The fraction of sp³-hybridized carbons (Fsp3) is 0.818. The summed E-state index contributed by atoms with van der Waals surface area (Å²) in [5, 5.41) is 0. The van der Waals surface area contributed by atoms with Crippen molar-refractivity contribution in [2.24, 2.45) is 0 Å². The Bertz CT molecular complexity index is 317. The van der Waals surface area contributed by atoms with Gasteiger partial charge in [-0.05, 0) is 13.8 Å². The molecule has 0 aliphatic rings. The number of nitrogens with zero attached hydrogens (tertiary/aromatic N) is 2. The second-order valence-electron chi connectivity index (χ2n) is 4.51. The highest BCUT2D eigenvalue weighted by atomic mass is 19.4. The van der Waals surface area contributed by atoms with Gasteiger partial charge in [-0.2, -0.15) is 13.2 Å². The predicted molar refractivity (Wildman–Crippen MR) is 62.4 cm³/mol. The highest BCUT2D eigenvalue weighted by Gasteiger charge is 2.34. The van der Waals surface area contributed by atoms with Crippen LogP contribution in [-0.4, -0.2) is 67.7 Å². The van der Waals surface area contributed by atoms with Crippen molar-refractivity contribution < 1.29 is 27.5 Å². The summed E-state index contributed by atoms with van der Waals surface area (Å²) in [5.74, 6) is -1.44. The molecule has 0 spiro atoms. The molecular weight excluding hydrogens is 265 g/mol. The predicted octanol–water partition coefficient (Wildman–Crippen LogP) is 0.891. The van der Waals surface area contributed by atoms with Crippen LogP contribution in [0.4, 0.5) is 13.2 Å². The minimum absolute atomic E-state index is 0.277. The molecule has 0 aromatic rings. The molecule has 19 heavy (non-hydrogen) atoms. The van der Waals surface area contributed by atoms with Crippen LogP contribution in [0.5, 0.6) is 0 Å². The van der Waals surface area contributed by atoms with Crippen molar-refractivity contribution in [3.63, 3.8) is 0 Å². The van der Waals surface area contributed by atoms with Gasteiger partial charge in [0, 0.05) is 14.1 Å². The SMILES string of the molecule is CC(C)OCC(=O)N(CC(=O)N(C)C)CC(F)(F)F. The van der Waals surface area contributed by atoms with Crippen molar-refractivity contribution in [2.75, 3.05) is 33.8 Å². The third-order valence-electron chi connectivity index (χ3n) is 2.09. The molecular formula is C11H19F3N2O3. The first kappa shape index (κ1) is 17.7. The van der Waals surface area contributed by atoms with Crippen molar-refractivity contribution >= 4 is 11.8 Å². The van der Waals surface area contributed by atoms with Gasteiger partial charge in [-0.1, -0.05) is 0 Å². The Kier molecular flexibility index (Phi) is 6.82. The lowest BCUT2D eigenvalue weighted by Gasteiger charge is -2.25. The van der Waals surface area contributed by atoms with Crippen molar-refractivity contribution in [3.05, 3.63) is 0 Å². The van der Waals surface area contributed by atoms with E-state index in [-0.39, 0.29) is 6.10 Å². The number of likely N-dealkylation sites (N-methyl/N-ethyl adjacent to an activating group) is 1. The fourth-order valence-electron chi connectivity index (χ4n) is 1.08. The summed E-state index contributed by atoms with van der Waals surface area (Å²) < 4.78 is 42.0. The number of halogens is 3. The third kappa shape index (κ3) is 8.41. The molecule has 0 N–H and O–H groups in total. The number of rotatable bonds is 6. The number of ether oxygens (including phenoxy) is 1. The monoisotopic (exact) mass is 284 g/mol. The maximum absolute atomic E-state index is 12.4. The van der Waals surface area contributed by atoms with Crippen LogP contribution in [0.3, 0.4) is 0 Å². The topological polar surface area (TPSA) is 49.9 Å².